The van der Waals surface area contributed by atoms with Crippen molar-refractivity contribution < 1.29 is 0 Å². The van der Waals surface area contributed by atoms with Crippen molar-refractivity contribution in [3.05, 3.63) is 473 Å². The summed E-state index contributed by atoms with van der Waals surface area (Å²) in [5.41, 5.74) is 24.3. The molecule has 0 unspecified atom stereocenters. The van der Waals surface area contributed by atoms with Crippen molar-refractivity contribution in [3.63, 3.8) is 0 Å². The van der Waals surface area contributed by atoms with Crippen LogP contribution in [0, 0.1) is 0 Å². The van der Waals surface area contributed by atoms with Crippen LogP contribution in [0.25, 0.3) is 131 Å². The smallest absolute Gasteiger partial charge is 0.0703 e. The van der Waals surface area contributed by atoms with Gasteiger partial charge in [0.2, 0.25) is 0 Å². The minimum atomic E-state index is 0.979. The summed E-state index contributed by atoms with van der Waals surface area (Å²) in [4.78, 5) is 4.62. The molecule has 22 aromatic carbocycles. The Morgan fingerprint density at radius 2 is 0.328 bits per heavy atom. The second-order valence-corrected chi connectivity index (χ2v) is 30.9. The summed E-state index contributed by atoms with van der Waals surface area (Å²) in [6.07, 6.45) is 0. The molecule has 0 heterocycles. The predicted molar refractivity (Wildman–Crippen MR) is 523 cm³/mol. The molecule has 22 aromatic rings. The van der Waals surface area contributed by atoms with E-state index in [9.17, 15) is 0 Å². The van der Waals surface area contributed by atoms with Crippen LogP contribution in [-0.2, 0) is 0 Å². The molecular formula is C116H82N6. The van der Waals surface area contributed by atoms with Crippen LogP contribution in [0.3, 0.4) is 0 Å². The van der Waals surface area contributed by atoms with Crippen LogP contribution < -0.4 is 31.1 Å². The maximum Gasteiger partial charge on any atom is 0.0703 e. The fourth-order valence-electron chi connectivity index (χ4n) is 18.1. The van der Waals surface area contributed by atoms with E-state index in [4.69, 9.17) is 0 Å². The molecule has 0 saturated heterocycles. The zero-order valence-corrected chi connectivity index (χ0v) is 66.9. The van der Waals surface area contributed by atoms with Crippen LogP contribution in [0.4, 0.5) is 79.6 Å². The standard InChI is InChI=1S/C66H46N4.C50H36N2/c1-5-27-47-43(19-1)23-13-37-57(47)67-61-41-17-35-55(65(61)69-59-39-15-25-45-21-3-7-29-49(45)59)63-51-31-9-11-33-53(51)64(54-34-12-10-32-52(54)63)56-36-18-42-62(68-58-38-14-24-44-20-2-6-28-48(44)58)66(56)70-60-40-16-26-46-22-4-8-30-50(46)60;1-5-17-39(18-6-1)51(40-19-7-2-8-20-40)43-33-29-37(30-34-43)49-45-25-13-15-27-47(45)50(48-28-16-14-26-46(48)49)38-31-35-44(36-32-38)52(41-21-9-3-10-22-41)42-23-11-4-12-24-42/h1-42,67-70H;1-36H. The molecular weight excluding hydrogens is 1480 g/mol. The lowest BCUT2D eigenvalue weighted by Gasteiger charge is -2.26. The van der Waals surface area contributed by atoms with E-state index in [0.717, 1.165) is 145 Å². The van der Waals surface area contributed by atoms with E-state index in [0.29, 0.717) is 0 Å². The van der Waals surface area contributed by atoms with Crippen molar-refractivity contribution in [2.45, 2.75) is 0 Å². The molecule has 6 nitrogen and oxygen atoms in total. The van der Waals surface area contributed by atoms with Crippen molar-refractivity contribution in [2.75, 3.05) is 31.1 Å². The number of nitrogens with zero attached hydrogens (tertiary/aromatic N) is 2. The molecule has 576 valence electrons. The topological polar surface area (TPSA) is 54.6 Å². The molecule has 0 radical (unpaired) electrons. The highest BCUT2D eigenvalue weighted by atomic mass is 15.1. The third kappa shape index (κ3) is 14.0. The molecule has 6 heteroatoms. The summed E-state index contributed by atoms with van der Waals surface area (Å²) >= 11 is 0. The Labute approximate surface area is 709 Å². The third-order valence-electron chi connectivity index (χ3n) is 23.6. The number of nitrogens with one attached hydrogen (secondary N) is 4. The molecule has 0 aliphatic carbocycles. The van der Waals surface area contributed by atoms with Crippen LogP contribution in [0.2, 0.25) is 0 Å². The van der Waals surface area contributed by atoms with Gasteiger partial charge in [-0.05, 0) is 207 Å². The van der Waals surface area contributed by atoms with Gasteiger partial charge >= 0.3 is 0 Å². The number of para-hydroxylation sites is 6. The molecule has 0 aliphatic rings. The van der Waals surface area contributed by atoms with Gasteiger partial charge in [0.05, 0.1) is 22.7 Å². The summed E-state index contributed by atoms with van der Waals surface area (Å²) < 4.78 is 0. The van der Waals surface area contributed by atoms with E-state index in [1.807, 2.05) is 0 Å². The van der Waals surface area contributed by atoms with Gasteiger partial charge in [-0.2, -0.15) is 0 Å². The fraction of sp³-hybridized carbons (Fsp3) is 0. The molecule has 0 amide bonds. The van der Waals surface area contributed by atoms with E-state index < -0.39 is 0 Å². The predicted octanol–water partition coefficient (Wildman–Crippen LogP) is 33.2. The van der Waals surface area contributed by atoms with Gasteiger partial charge in [0.1, 0.15) is 0 Å². The highest BCUT2D eigenvalue weighted by Crippen LogP contribution is 2.53. The zero-order chi connectivity index (χ0) is 81.1. The van der Waals surface area contributed by atoms with Gasteiger partial charge in [0.15, 0.2) is 0 Å². The first-order valence-electron chi connectivity index (χ1n) is 41.7. The summed E-state index contributed by atoms with van der Waals surface area (Å²) in [6, 6.07) is 170. The Morgan fingerprint density at radius 1 is 0.131 bits per heavy atom. The van der Waals surface area contributed by atoms with Crippen molar-refractivity contribution in [2.24, 2.45) is 0 Å². The summed E-state index contributed by atoms with van der Waals surface area (Å²) in [6.45, 7) is 0. The second-order valence-electron chi connectivity index (χ2n) is 30.9. The van der Waals surface area contributed by atoms with E-state index in [1.54, 1.807) is 0 Å². The van der Waals surface area contributed by atoms with Gasteiger partial charge in [-0.1, -0.05) is 364 Å². The highest BCUT2D eigenvalue weighted by Gasteiger charge is 2.26. The molecule has 122 heavy (non-hydrogen) atoms. The lowest BCUT2D eigenvalue weighted by atomic mass is 9.84. The number of anilines is 14. The maximum absolute atomic E-state index is 4.04. The SMILES string of the molecule is c1cc(Nc2cccc3ccccc23)c(Nc2cccc3ccccc23)c(-c2c3ccccc3c(-c3cccc(Nc4cccc5ccccc45)c3Nc3cccc4ccccc34)c3ccccc23)c1.c1ccc(N(c2ccccc2)c2ccc(-c3c4ccccc4c(-c4ccc(N(c5ccccc5)c5ccccc5)cc4)c4ccccc34)cc2)cc1. The lowest BCUT2D eigenvalue weighted by molar-refractivity contribution is 1.28. The first-order chi connectivity index (χ1) is 60.6. The largest absolute Gasteiger partial charge is 0.353 e. The molecule has 0 fully saturated rings. The van der Waals surface area contributed by atoms with Gasteiger partial charge < -0.3 is 31.1 Å². The molecule has 0 atom stereocenters. The molecule has 0 bridgehead atoms. The van der Waals surface area contributed by atoms with Crippen LogP contribution in [-0.4, -0.2) is 0 Å². The Balaban J connectivity index is 0.000000157. The molecule has 22 rings (SSSR count). The number of hydrogen-bond acceptors (Lipinski definition) is 6. The van der Waals surface area contributed by atoms with E-state index in [2.05, 4.69) is 504 Å². The van der Waals surface area contributed by atoms with Crippen LogP contribution >= 0.6 is 0 Å². The Kier molecular flexibility index (Phi) is 19.6. The van der Waals surface area contributed by atoms with Gasteiger partial charge in [0, 0.05) is 89.5 Å². The fourth-order valence-corrected chi connectivity index (χ4v) is 18.1. The van der Waals surface area contributed by atoms with Crippen molar-refractivity contribution >= 4 is 166 Å². The maximum atomic E-state index is 4.04. The monoisotopic (exact) mass is 1560 g/mol. The number of rotatable bonds is 18. The van der Waals surface area contributed by atoms with Crippen molar-refractivity contribution in [1.82, 2.24) is 0 Å². The quantitative estimate of drug-likeness (QED) is 0.0643. The molecule has 0 spiro atoms. The molecule has 0 aliphatic heterocycles. The van der Waals surface area contributed by atoms with Crippen LogP contribution in [0.5, 0.6) is 0 Å². The normalized spacial score (nSPS) is 11.3. The summed E-state index contributed by atoms with van der Waals surface area (Å²) in [5.74, 6) is 0. The van der Waals surface area contributed by atoms with E-state index >= 15 is 0 Å². The van der Waals surface area contributed by atoms with Gasteiger partial charge in [-0.25, -0.2) is 0 Å². The van der Waals surface area contributed by atoms with Gasteiger partial charge in [-0.15, -0.1) is 0 Å². The first-order valence-corrected chi connectivity index (χ1v) is 41.7. The Morgan fingerprint density at radius 3 is 0.598 bits per heavy atom. The first kappa shape index (κ1) is 73.4. The van der Waals surface area contributed by atoms with Crippen molar-refractivity contribution in [3.8, 4) is 44.5 Å². The third-order valence-corrected chi connectivity index (χ3v) is 23.6. The van der Waals surface area contributed by atoms with Crippen molar-refractivity contribution in [1.29, 1.82) is 0 Å². The summed E-state index contributed by atoms with van der Waals surface area (Å²) in [7, 11) is 0. The van der Waals surface area contributed by atoms with Gasteiger partial charge in [-0.3, -0.25) is 0 Å². The van der Waals surface area contributed by atoms with Gasteiger partial charge in [0.25, 0.3) is 0 Å². The van der Waals surface area contributed by atoms with Crippen LogP contribution in [0.15, 0.2) is 473 Å². The zero-order valence-electron chi connectivity index (χ0n) is 66.9. The number of fused-ring (bicyclic) bond motifs is 8. The number of hydrogen-bond donors (Lipinski definition) is 4. The molecule has 0 saturated carbocycles. The Bertz CT molecular complexity index is 6960. The van der Waals surface area contributed by atoms with E-state index in [1.165, 1.54) is 65.3 Å². The summed E-state index contributed by atoms with van der Waals surface area (Å²) in [5, 5.41) is 34.9. The average molecular weight is 1560 g/mol. The second kappa shape index (κ2) is 32.7. The molecule has 4 N–H and O–H groups in total. The Hall–Kier alpha value is -16.3. The minimum Gasteiger partial charge on any atom is -0.353 e. The average Bonchev–Trinajstić information content (AvgIpc) is 0.727. The van der Waals surface area contributed by atoms with E-state index in [-0.39, 0.29) is 0 Å². The minimum absolute atomic E-state index is 0.979. The highest BCUT2D eigenvalue weighted by molar-refractivity contribution is 6.25. The molecule has 0 aromatic heterocycles. The lowest BCUT2D eigenvalue weighted by Crippen LogP contribution is -2.09. The van der Waals surface area contributed by atoms with Crippen LogP contribution in [0.1, 0.15) is 0 Å². The number of benzene rings is 22.